The second kappa shape index (κ2) is 7.36. The summed E-state index contributed by atoms with van der Waals surface area (Å²) in [5.41, 5.74) is 2.53. The van der Waals surface area contributed by atoms with E-state index in [2.05, 4.69) is 15.5 Å². The van der Waals surface area contributed by atoms with Gasteiger partial charge in [0.15, 0.2) is 5.76 Å². The number of amides is 1. The van der Waals surface area contributed by atoms with Gasteiger partial charge in [0.1, 0.15) is 22.6 Å². The lowest BCUT2D eigenvalue weighted by atomic mass is 10.1. The van der Waals surface area contributed by atoms with Crippen LogP contribution in [0, 0.1) is 6.92 Å². The average Bonchev–Trinajstić information content (AvgIpc) is 2.97. The van der Waals surface area contributed by atoms with Gasteiger partial charge < -0.3 is 9.26 Å². The number of halogens is 1. The SMILES string of the molecule is Cc1noc(-c2ccc(Cl)nc2)c1NC(=O)OC(C)c1ccccc1. The summed E-state index contributed by atoms with van der Waals surface area (Å²) in [5, 5.41) is 6.96. The monoisotopic (exact) mass is 357 g/mol. The van der Waals surface area contributed by atoms with Crippen LogP contribution in [0.1, 0.15) is 24.3 Å². The second-order valence-corrected chi connectivity index (χ2v) is 5.81. The summed E-state index contributed by atoms with van der Waals surface area (Å²) in [4.78, 5) is 16.3. The highest BCUT2D eigenvalue weighted by atomic mass is 35.5. The highest BCUT2D eigenvalue weighted by molar-refractivity contribution is 6.29. The number of carbonyl (C=O) groups excluding carboxylic acids is 1. The fraction of sp³-hybridized carbons (Fsp3) is 0.167. The number of hydrogen-bond acceptors (Lipinski definition) is 5. The van der Waals surface area contributed by atoms with Gasteiger partial charge in [0.05, 0.1) is 0 Å². The zero-order valence-corrected chi connectivity index (χ0v) is 14.4. The molecule has 0 aliphatic carbocycles. The van der Waals surface area contributed by atoms with Crippen molar-refractivity contribution < 1.29 is 14.1 Å². The highest BCUT2D eigenvalue weighted by Gasteiger charge is 2.20. The molecule has 0 aliphatic heterocycles. The molecule has 0 radical (unpaired) electrons. The molecule has 1 aromatic carbocycles. The first kappa shape index (κ1) is 17.0. The Morgan fingerprint density at radius 2 is 2.00 bits per heavy atom. The summed E-state index contributed by atoms with van der Waals surface area (Å²) < 4.78 is 10.7. The summed E-state index contributed by atoms with van der Waals surface area (Å²) in [6.45, 7) is 3.53. The van der Waals surface area contributed by atoms with Crippen LogP contribution >= 0.6 is 11.6 Å². The molecule has 3 aromatic rings. The number of benzene rings is 1. The minimum Gasteiger partial charge on any atom is -0.441 e. The molecule has 0 aliphatic rings. The van der Waals surface area contributed by atoms with Crippen molar-refractivity contribution in [2.24, 2.45) is 0 Å². The lowest BCUT2D eigenvalue weighted by molar-refractivity contribution is 0.121. The van der Waals surface area contributed by atoms with E-state index >= 15 is 0 Å². The first-order chi connectivity index (χ1) is 12.0. The topological polar surface area (TPSA) is 77.3 Å². The Morgan fingerprint density at radius 3 is 2.68 bits per heavy atom. The number of aryl methyl sites for hydroxylation is 1. The van der Waals surface area contributed by atoms with Crippen LogP contribution < -0.4 is 5.32 Å². The molecule has 0 bridgehead atoms. The molecule has 25 heavy (non-hydrogen) atoms. The minimum absolute atomic E-state index is 0.366. The standard InChI is InChI=1S/C18H16ClN3O3/c1-11-16(17(25-22-11)14-8-9-15(19)20-10-14)21-18(23)24-12(2)13-6-4-3-5-7-13/h3-10,12H,1-2H3,(H,21,23). The number of rotatable bonds is 4. The third-order valence-electron chi connectivity index (χ3n) is 3.63. The quantitative estimate of drug-likeness (QED) is 0.664. The Morgan fingerprint density at radius 1 is 1.24 bits per heavy atom. The van der Waals surface area contributed by atoms with Gasteiger partial charge in [-0.1, -0.05) is 47.1 Å². The van der Waals surface area contributed by atoms with Crippen LogP contribution in [0.3, 0.4) is 0 Å². The molecule has 0 spiro atoms. The third kappa shape index (κ3) is 3.97. The number of nitrogens with one attached hydrogen (secondary N) is 1. The van der Waals surface area contributed by atoms with Crippen LogP contribution in [-0.2, 0) is 4.74 Å². The van der Waals surface area contributed by atoms with Crippen LogP contribution in [-0.4, -0.2) is 16.2 Å². The number of ether oxygens (including phenoxy) is 1. The van der Waals surface area contributed by atoms with Crippen molar-refractivity contribution in [2.75, 3.05) is 5.32 Å². The fourth-order valence-electron chi connectivity index (χ4n) is 2.31. The number of nitrogens with zero attached hydrogens (tertiary/aromatic N) is 2. The smallest absolute Gasteiger partial charge is 0.412 e. The Kier molecular flexibility index (Phi) is 5.00. The maximum absolute atomic E-state index is 12.2. The van der Waals surface area contributed by atoms with E-state index in [1.165, 1.54) is 0 Å². The van der Waals surface area contributed by atoms with Crippen molar-refractivity contribution in [3.05, 3.63) is 65.1 Å². The molecule has 0 saturated carbocycles. The lowest BCUT2D eigenvalue weighted by Crippen LogP contribution is -2.16. The van der Waals surface area contributed by atoms with Crippen molar-refractivity contribution in [1.29, 1.82) is 0 Å². The average molecular weight is 358 g/mol. The van der Waals surface area contributed by atoms with Gasteiger partial charge in [0.2, 0.25) is 0 Å². The molecule has 0 fully saturated rings. The Bertz CT molecular complexity index is 863. The van der Waals surface area contributed by atoms with Crippen molar-refractivity contribution >= 4 is 23.4 Å². The van der Waals surface area contributed by atoms with Gasteiger partial charge in [-0.2, -0.15) is 0 Å². The van der Waals surface area contributed by atoms with Gasteiger partial charge in [-0.25, -0.2) is 9.78 Å². The Labute approximate surface area is 149 Å². The predicted octanol–water partition coefficient (Wildman–Crippen LogP) is 5.01. The zero-order valence-electron chi connectivity index (χ0n) is 13.7. The summed E-state index contributed by atoms with van der Waals surface area (Å²) >= 11 is 5.80. The van der Waals surface area contributed by atoms with Crippen LogP contribution in [0.15, 0.2) is 53.2 Å². The first-order valence-electron chi connectivity index (χ1n) is 7.65. The summed E-state index contributed by atoms with van der Waals surface area (Å²) in [7, 11) is 0. The van der Waals surface area contributed by atoms with Crippen molar-refractivity contribution in [1.82, 2.24) is 10.1 Å². The number of pyridine rings is 1. The number of aromatic nitrogens is 2. The molecule has 6 nitrogen and oxygen atoms in total. The van der Waals surface area contributed by atoms with Crippen molar-refractivity contribution in [3.8, 4) is 11.3 Å². The van der Waals surface area contributed by atoms with E-state index < -0.39 is 6.09 Å². The molecule has 1 unspecified atom stereocenters. The predicted molar refractivity (Wildman–Crippen MR) is 94.4 cm³/mol. The molecule has 2 aromatic heterocycles. The third-order valence-corrected chi connectivity index (χ3v) is 3.86. The highest BCUT2D eigenvalue weighted by Crippen LogP contribution is 2.31. The van der Waals surface area contributed by atoms with Gasteiger partial charge in [-0.05, 0) is 31.5 Å². The summed E-state index contributed by atoms with van der Waals surface area (Å²) in [5.74, 6) is 0.394. The molecule has 1 amide bonds. The molecule has 3 rings (SSSR count). The fourth-order valence-corrected chi connectivity index (χ4v) is 2.42. The normalized spacial score (nSPS) is 11.8. The van der Waals surface area contributed by atoms with Gasteiger partial charge >= 0.3 is 6.09 Å². The maximum Gasteiger partial charge on any atom is 0.412 e. The van der Waals surface area contributed by atoms with Gasteiger partial charge in [0.25, 0.3) is 0 Å². The minimum atomic E-state index is -0.592. The molecule has 7 heteroatoms. The van der Waals surface area contributed by atoms with Crippen LogP contribution in [0.2, 0.25) is 5.15 Å². The molecule has 0 saturated heterocycles. The molecule has 2 heterocycles. The largest absolute Gasteiger partial charge is 0.441 e. The van der Waals surface area contributed by atoms with E-state index in [4.69, 9.17) is 20.9 Å². The van der Waals surface area contributed by atoms with Gasteiger partial charge in [0, 0.05) is 11.8 Å². The summed E-state index contributed by atoms with van der Waals surface area (Å²) in [6.07, 6.45) is 0.568. The van der Waals surface area contributed by atoms with Crippen LogP contribution in [0.4, 0.5) is 10.5 Å². The second-order valence-electron chi connectivity index (χ2n) is 5.42. The molecule has 128 valence electrons. The van der Waals surface area contributed by atoms with E-state index in [-0.39, 0.29) is 6.10 Å². The summed E-state index contributed by atoms with van der Waals surface area (Å²) in [6, 6.07) is 12.8. The number of carbonyl (C=O) groups is 1. The van der Waals surface area contributed by atoms with E-state index in [1.807, 2.05) is 30.3 Å². The van der Waals surface area contributed by atoms with E-state index in [0.717, 1.165) is 5.56 Å². The Balaban J connectivity index is 1.75. The lowest BCUT2D eigenvalue weighted by Gasteiger charge is -2.14. The molecular weight excluding hydrogens is 342 g/mol. The number of hydrogen-bond donors (Lipinski definition) is 1. The molecular formula is C18H16ClN3O3. The molecule has 1 N–H and O–H groups in total. The van der Waals surface area contributed by atoms with Crippen LogP contribution in [0.5, 0.6) is 0 Å². The van der Waals surface area contributed by atoms with Crippen LogP contribution in [0.25, 0.3) is 11.3 Å². The van der Waals surface area contributed by atoms with Gasteiger partial charge in [-0.15, -0.1) is 0 Å². The first-order valence-corrected chi connectivity index (χ1v) is 8.03. The number of anilines is 1. The van der Waals surface area contributed by atoms with Crippen molar-refractivity contribution in [3.63, 3.8) is 0 Å². The van der Waals surface area contributed by atoms with Gasteiger partial charge in [-0.3, -0.25) is 5.32 Å². The Hall–Kier alpha value is -2.86. The maximum atomic E-state index is 12.2. The zero-order chi connectivity index (χ0) is 17.8. The van der Waals surface area contributed by atoms with E-state index in [9.17, 15) is 4.79 Å². The molecule has 1 atom stereocenters. The van der Waals surface area contributed by atoms with Crippen molar-refractivity contribution in [2.45, 2.75) is 20.0 Å². The van der Waals surface area contributed by atoms with E-state index in [0.29, 0.717) is 27.9 Å². The van der Waals surface area contributed by atoms with E-state index in [1.54, 1.807) is 32.2 Å².